The first-order chi connectivity index (χ1) is 29.5. The van der Waals surface area contributed by atoms with Crippen LogP contribution in [-0.4, -0.2) is 0 Å². The minimum Gasteiger partial charge on any atom is -0.311 e. The number of aryl methyl sites for hydroxylation is 2. The van der Waals surface area contributed by atoms with Crippen molar-refractivity contribution in [3.8, 4) is 6.07 Å². The van der Waals surface area contributed by atoms with Gasteiger partial charge in [-0.3, -0.25) is 0 Å². The summed E-state index contributed by atoms with van der Waals surface area (Å²) in [5.74, 6) is 0. The summed E-state index contributed by atoms with van der Waals surface area (Å²) in [6.07, 6.45) is 12.5. The van der Waals surface area contributed by atoms with E-state index in [9.17, 15) is 5.26 Å². The van der Waals surface area contributed by atoms with Gasteiger partial charge in [0.05, 0.1) is 11.6 Å². The standard InChI is InChI=1S/C57H45N3/c1-43-13-33-54(34-14-43)59(52-9-5-3-6-10-52)56-37-27-47(28-38-56)22-19-45-17-20-46(21-18-45)25-31-50-32-26-49(41-51(50)42-58)24-23-48-29-39-57(40-30-48)60(53-11-7-4-8-12-53)55-35-15-44(2)16-36-55/h3-41H,1-2H3/b22-19-,24-23-,31-25-. The van der Waals surface area contributed by atoms with Crippen LogP contribution < -0.4 is 9.80 Å². The third kappa shape index (κ3) is 9.60. The van der Waals surface area contributed by atoms with Gasteiger partial charge in [0.25, 0.3) is 0 Å². The van der Waals surface area contributed by atoms with Gasteiger partial charge in [-0.15, -0.1) is 0 Å². The van der Waals surface area contributed by atoms with Crippen LogP contribution in [0.2, 0.25) is 0 Å². The van der Waals surface area contributed by atoms with Crippen LogP contribution >= 0.6 is 0 Å². The largest absolute Gasteiger partial charge is 0.311 e. The van der Waals surface area contributed by atoms with Gasteiger partial charge in [-0.05, 0) is 126 Å². The lowest BCUT2D eigenvalue weighted by atomic mass is 10.0. The molecule has 0 saturated carbocycles. The number of nitrogens with zero attached hydrogens (tertiary/aromatic N) is 3. The number of anilines is 6. The van der Waals surface area contributed by atoms with Crippen molar-refractivity contribution < 1.29 is 0 Å². The van der Waals surface area contributed by atoms with Gasteiger partial charge in [0, 0.05) is 34.1 Å². The van der Waals surface area contributed by atoms with E-state index in [1.807, 2.05) is 30.3 Å². The summed E-state index contributed by atoms with van der Waals surface area (Å²) < 4.78 is 0. The number of hydrogen-bond acceptors (Lipinski definition) is 3. The first-order valence-electron chi connectivity index (χ1n) is 20.2. The average molecular weight is 772 g/mol. The normalized spacial score (nSPS) is 11.3. The van der Waals surface area contributed by atoms with Crippen molar-refractivity contribution in [2.75, 3.05) is 9.80 Å². The third-order valence-corrected chi connectivity index (χ3v) is 10.4. The molecular formula is C57H45N3. The molecule has 3 nitrogen and oxygen atoms in total. The maximum Gasteiger partial charge on any atom is 0.0998 e. The van der Waals surface area contributed by atoms with E-state index < -0.39 is 0 Å². The molecule has 3 heteroatoms. The van der Waals surface area contributed by atoms with Crippen LogP contribution in [0.5, 0.6) is 0 Å². The third-order valence-electron chi connectivity index (χ3n) is 10.4. The smallest absolute Gasteiger partial charge is 0.0998 e. The maximum atomic E-state index is 10.0. The molecule has 0 aromatic heterocycles. The molecule has 60 heavy (non-hydrogen) atoms. The highest BCUT2D eigenvalue weighted by Gasteiger charge is 2.13. The lowest BCUT2D eigenvalue weighted by Gasteiger charge is -2.25. The zero-order chi connectivity index (χ0) is 41.1. The Balaban J connectivity index is 0.904. The van der Waals surface area contributed by atoms with E-state index in [2.05, 4.69) is 236 Å². The van der Waals surface area contributed by atoms with Gasteiger partial charge in [-0.2, -0.15) is 5.26 Å². The Kier molecular flexibility index (Phi) is 12.0. The fourth-order valence-electron chi connectivity index (χ4n) is 7.11. The molecule has 8 aromatic carbocycles. The second-order valence-electron chi connectivity index (χ2n) is 14.8. The molecule has 8 aromatic rings. The van der Waals surface area contributed by atoms with Crippen molar-refractivity contribution in [3.05, 3.63) is 250 Å². The van der Waals surface area contributed by atoms with Crippen molar-refractivity contribution in [1.29, 1.82) is 5.26 Å². The molecule has 0 aliphatic heterocycles. The molecule has 0 atom stereocenters. The quantitative estimate of drug-likeness (QED) is 0.116. The number of nitriles is 1. The highest BCUT2D eigenvalue weighted by Crippen LogP contribution is 2.36. The number of hydrogen-bond donors (Lipinski definition) is 0. The molecule has 0 heterocycles. The molecule has 288 valence electrons. The summed E-state index contributed by atoms with van der Waals surface area (Å²) in [7, 11) is 0. The summed E-state index contributed by atoms with van der Waals surface area (Å²) in [6, 6.07) is 72.2. The van der Waals surface area contributed by atoms with Crippen LogP contribution in [0.25, 0.3) is 36.5 Å². The average Bonchev–Trinajstić information content (AvgIpc) is 3.30. The molecule has 0 aliphatic carbocycles. The first kappa shape index (κ1) is 38.9. The summed E-state index contributed by atoms with van der Waals surface area (Å²) in [4.78, 5) is 4.54. The molecule has 0 saturated heterocycles. The summed E-state index contributed by atoms with van der Waals surface area (Å²) in [6.45, 7) is 4.22. The SMILES string of the molecule is Cc1ccc(N(c2ccccc2)c2ccc(/C=C\c3ccc(/C=C\c4ccc(/C=C\c5ccc(N(c6ccccc6)c6ccc(C)cc6)cc5)cc4C#N)cc3)cc2)cc1. The molecule has 0 bridgehead atoms. The number of benzene rings is 8. The van der Waals surface area contributed by atoms with Gasteiger partial charge in [-0.25, -0.2) is 0 Å². The molecule has 0 aliphatic rings. The Hall–Kier alpha value is -7.93. The summed E-state index contributed by atoms with van der Waals surface area (Å²) in [5, 5.41) is 10.0. The summed E-state index contributed by atoms with van der Waals surface area (Å²) in [5.41, 5.74) is 16.0. The minimum absolute atomic E-state index is 0.636. The molecule has 0 spiro atoms. The topological polar surface area (TPSA) is 30.3 Å². The zero-order valence-electron chi connectivity index (χ0n) is 33.9. The molecule has 0 unspecified atom stereocenters. The van der Waals surface area contributed by atoms with E-state index in [0.29, 0.717) is 5.56 Å². The van der Waals surface area contributed by atoms with Gasteiger partial charge in [0.15, 0.2) is 0 Å². The second-order valence-corrected chi connectivity index (χ2v) is 14.8. The Morgan fingerprint density at radius 3 is 1.02 bits per heavy atom. The summed E-state index contributed by atoms with van der Waals surface area (Å²) >= 11 is 0. The van der Waals surface area contributed by atoms with E-state index >= 15 is 0 Å². The lowest BCUT2D eigenvalue weighted by Crippen LogP contribution is -2.09. The van der Waals surface area contributed by atoms with Crippen molar-refractivity contribution in [1.82, 2.24) is 0 Å². The predicted octanol–water partition coefficient (Wildman–Crippen LogP) is 15.6. The van der Waals surface area contributed by atoms with Gasteiger partial charge in [-0.1, -0.05) is 169 Å². The van der Waals surface area contributed by atoms with Crippen LogP contribution in [0.3, 0.4) is 0 Å². The van der Waals surface area contributed by atoms with Crippen LogP contribution in [-0.2, 0) is 0 Å². The maximum absolute atomic E-state index is 10.0. The molecule has 0 fully saturated rings. The molecule has 8 rings (SSSR count). The minimum atomic E-state index is 0.636. The fraction of sp³-hybridized carbons (Fsp3) is 0.0351. The second kappa shape index (κ2) is 18.6. The predicted molar refractivity (Wildman–Crippen MR) is 256 cm³/mol. The number of para-hydroxylation sites is 2. The Labute approximate surface area is 354 Å². The van der Waals surface area contributed by atoms with Gasteiger partial charge in [0.2, 0.25) is 0 Å². The highest BCUT2D eigenvalue weighted by molar-refractivity contribution is 5.81. The van der Waals surface area contributed by atoms with Crippen molar-refractivity contribution in [2.45, 2.75) is 13.8 Å². The monoisotopic (exact) mass is 771 g/mol. The van der Waals surface area contributed by atoms with Crippen LogP contribution in [0.1, 0.15) is 50.1 Å². The number of rotatable bonds is 12. The fourth-order valence-corrected chi connectivity index (χ4v) is 7.11. The van der Waals surface area contributed by atoms with E-state index in [1.165, 1.54) is 11.1 Å². The van der Waals surface area contributed by atoms with Crippen LogP contribution in [0.15, 0.2) is 200 Å². The molecule has 0 radical (unpaired) electrons. The zero-order valence-corrected chi connectivity index (χ0v) is 33.9. The van der Waals surface area contributed by atoms with Gasteiger partial charge >= 0.3 is 0 Å². The van der Waals surface area contributed by atoms with Crippen LogP contribution in [0.4, 0.5) is 34.1 Å². The van der Waals surface area contributed by atoms with Gasteiger partial charge in [0.1, 0.15) is 0 Å². The molecule has 0 N–H and O–H groups in total. The van der Waals surface area contributed by atoms with E-state index in [-0.39, 0.29) is 0 Å². The Morgan fingerprint density at radius 1 is 0.333 bits per heavy atom. The Bertz CT molecular complexity index is 2770. The van der Waals surface area contributed by atoms with Crippen molar-refractivity contribution in [3.63, 3.8) is 0 Å². The Morgan fingerprint density at radius 2 is 0.633 bits per heavy atom. The first-order valence-corrected chi connectivity index (χ1v) is 20.2. The van der Waals surface area contributed by atoms with E-state index in [0.717, 1.165) is 67.5 Å². The van der Waals surface area contributed by atoms with Gasteiger partial charge < -0.3 is 9.80 Å². The highest BCUT2D eigenvalue weighted by atomic mass is 15.1. The van der Waals surface area contributed by atoms with Crippen molar-refractivity contribution >= 4 is 70.6 Å². The van der Waals surface area contributed by atoms with E-state index in [4.69, 9.17) is 0 Å². The molecule has 0 amide bonds. The lowest BCUT2D eigenvalue weighted by molar-refractivity contribution is 1.27. The van der Waals surface area contributed by atoms with Crippen molar-refractivity contribution in [2.24, 2.45) is 0 Å². The van der Waals surface area contributed by atoms with Crippen LogP contribution in [0, 0.1) is 25.2 Å². The van der Waals surface area contributed by atoms with E-state index in [1.54, 1.807) is 0 Å². The molecular weight excluding hydrogens is 727 g/mol.